The van der Waals surface area contributed by atoms with Gasteiger partial charge in [-0.05, 0) is 97.1 Å². The third-order valence-corrected chi connectivity index (χ3v) is 4.31. The first-order chi connectivity index (χ1) is 15.2. The molecule has 0 aliphatic heterocycles. The Balaban J connectivity index is 0.000000213. The van der Waals surface area contributed by atoms with E-state index in [1.807, 2.05) is 0 Å². The summed E-state index contributed by atoms with van der Waals surface area (Å²) in [5, 5.41) is 37.4. The molecule has 0 bridgehead atoms. The molecule has 4 nitrogen and oxygen atoms in total. The second-order valence-corrected chi connectivity index (χ2v) is 7.65. The fraction of sp³-hybridized carbons (Fsp3) is 0. The van der Waals surface area contributed by atoms with Gasteiger partial charge in [0.2, 0.25) is 0 Å². The topological polar surface area (TPSA) is 80.9 Å². The molecule has 0 saturated heterocycles. The number of rotatable bonds is 0. The highest BCUT2D eigenvalue weighted by Crippen LogP contribution is 2.15. The Morgan fingerprint density at radius 1 is 0.281 bits per heavy atom. The number of phenols is 4. The molecule has 0 amide bonds. The summed E-state index contributed by atoms with van der Waals surface area (Å²) in [6.07, 6.45) is 0. The Morgan fingerprint density at radius 2 is 0.406 bits per heavy atom. The first kappa shape index (κ1) is 27.3. The molecule has 0 aliphatic rings. The molecule has 168 valence electrons. The largest absolute Gasteiger partial charge is 0.508 e. The van der Waals surface area contributed by atoms with Crippen LogP contribution < -0.4 is 0 Å². The summed E-state index contributed by atoms with van der Waals surface area (Å²) in [5.41, 5.74) is 0. The minimum absolute atomic E-state index is 0.245. The van der Waals surface area contributed by atoms with E-state index in [9.17, 15) is 0 Å². The van der Waals surface area contributed by atoms with Crippen LogP contribution in [0.1, 0.15) is 0 Å². The van der Waals surface area contributed by atoms with Crippen molar-refractivity contribution in [3.63, 3.8) is 0 Å². The van der Waals surface area contributed by atoms with Gasteiger partial charge < -0.3 is 20.4 Å². The molecule has 8 heteroatoms. The monoisotopic (exact) mass is 512 g/mol. The molecule has 0 aromatic heterocycles. The number of benzene rings is 4. The molecule has 0 fully saturated rings. The van der Waals surface area contributed by atoms with E-state index in [4.69, 9.17) is 66.8 Å². The van der Waals surface area contributed by atoms with E-state index in [1.165, 1.54) is 0 Å². The van der Waals surface area contributed by atoms with Crippen LogP contribution in [-0.4, -0.2) is 20.4 Å². The zero-order valence-corrected chi connectivity index (χ0v) is 19.6. The van der Waals surface area contributed by atoms with Crippen LogP contribution in [-0.2, 0) is 0 Å². The fourth-order valence-corrected chi connectivity index (χ4v) is 2.27. The quantitative estimate of drug-likeness (QED) is 0.191. The fourth-order valence-electron chi connectivity index (χ4n) is 1.76. The molecule has 0 saturated carbocycles. The Labute approximate surface area is 206 Å². The molecule has 4 aromatic carbocycles. The predicted octanol–water partition coefficient (Wildman–Crippen LogP) is 8.18. The van der Waals surface area contributed by atoms with Crippen molar-refractivity contribution in [3.8, 4) is 23.0 Å². The molecule has 0 spiro atoms. The molecule has 0 radical (unpaired) electrons. The Bertz CT molecular complexity index is 764. The van der Waals surface area contributed by atoms with Crippen molar-refractivity contribution in [1.82, 2.24) is 0 Å². The maximum Gasteiger partial charge on any atom is 0.115 e. The average molecular weight is 514 g/mol. The summed E-state index contributed by atoms with van der Waals surface area (Å²) in [6.45, 7) is 0. The van der Waals surface area contributed by atoms with Crippen molar-refractivity contribution < 1.29 is 20.4 Å². The SMILES string of the molecule is Oc1ccc(Cl)cc1.Oc1ccc(Cl)cc1.Oc1ccc(Cl)cc1.Oc1ccc(Cl)cc1. The lowest BCUT2D eigenvalue weighted by Gasteiger charge is -1.87. The molecule has 4 N–H and O–H groups in total. The molecule has 32 heavy (non-hydrogen) atoms. The molecule has 4 aromatic rings. The zero-order valence-electron chi connectivity index (χ0n) is 16.5. The Morgan fingerprint density at radius 3 is 0.500 bits per heavy atom. The van der Waals surface area contributed by atoms with Gasteiger partial charge in [0.15, 0.2) is 0 Å². The smallest absolute Gasteiger partial charge is 0.115 e. The van der Waals surface area contributed by atoms with Crippen LogP contribution in [0.4, 0.5) is 0 Å². The molecule has 0 unspecified atom stereocenters. The Hall–Kier alpha value is -2.76. The van der Waals surface area contributed by atoms with Gasteiger partial charge in [0.25, 0.3) is 0 Å². The summed E-state index contributed by atoms with van der Waals surface area (Å²) in [4.78, 5) is 0. The minimum atomic E-state index is 0.245. The summed E-state index contributed by atoms with van der Waals surface area (Å²) in [7, 11) is 0. The van der Waals surface area contributed by atoms with Gasteiger partial charge in [0, 0.05) is 20.1 Å². The van der Waals surface area contributed by atoms with Gasteiger partial charge in [0.05, 0.1) is 0 Å². The van der Waals surface area contributed by atoms with E-state index >= 15 is 0 Å². The standard InChI is InChI=1S/4C6H5ClO/c4*7-5-1-3-6(8)4-2-5/h4*1-4,8H. The van der Waals surface area contributed by atoms with Crippen LogP contribution in [0.3, 0.4) is 0 Å². The Kier molecular flexibility index (Phi) is 12.9. The van der Waals surface area contributed by atoms with Crippen molar-refractivity contribution in [2.75, 3.05) is 0 Å². The van der Waals surface area contributed by atoms with E-state index in [-0.39, 0.29) is 23.0 Å². The summed E-state index contributed by atoms with van der Waals surface area (Å²) in [6, 6.07) is 25.4. The molecule has 0 heterocycles. The molecule has 4 rings (SSSR count). The predicted molar refractivity (Wildman–Crippen MR) is 132 cm³/mol. The lowest BCUT2D eigenvalue weighted by Crippen LogP contribution is -1.61. The van der Waals surface area contributed by atoms with Crippen LogP contribution >= 0.6 is 46.4 Å². The van der Waals surface area contributed by atoms with Crippen molar-refractivity contribution in [1.29, 1.82) is 0 Å². The molecular formula is C24H20Cl4O4. The number of hydrogen-bond donors (Lipinski definition) is 4. The highest BCUT2D eigenvalue weighted by molar-refractivity contribution is 6.31. The third kappa shape index (κ3) is 13.5. The van der Waals surface area contributed by atoms with Crippen LogP contribution in [0, 0.1) is 0 Å². The summed E-state index contributed by atoms with van der Waals surface area (Å²) < 4.78 is 0. The summed E-state index contributed by atoms with van der Waals surface area (Å²) in [5.74, 6) is 0.979. The minimum Gasteiger partial charge on any atom is -0.508 e. The third-order valence-electron chi connectivity index (χ3n) is 3.31. The average Bonchev–Trinajstić information content (AvgIpc) is 2.78. The van der Waals surface area contributed by atoms with E-state index < -0.39 is 0 Å². The van der Waals surface area contributed by atoms with Gasteiger partial charge in [-0.15, -0.1) is 0 Å². The van der Waals surface area contributed by atoms with Gasteiger partial charge in [-0.2, -0.15) is 0 Å². The first-order valence-electron chi connectivity index (χ1n) is 8.94. The molecular weight excluding hydrogens is 494 g/mol. The number of hydrogen-bond acceptors (Lipinski definition) is 4. The highest BCUT2D eigenvalue weighted by atomic mass is 35.5. The maximum absolute atomic E-state index is 8.70. The van der Waals surface area contributed by atoms with Gasteiger partial charge in [-0.1, -0.05) is 46.4 Å². The van der Waals surface area contributed by atoms with Gasteiger partial charge in [0.1, 0.15) is 23.0 Å². The van der Waals surface area contributed by atoms with Crippen LogP contribution in [0.2, 0.25) is 20.1 Å². The van der Waals surface area contributed by atoms with E-state index in [2.05, 4.69) is 0 Å². The first-order valence-corrected chi connectivity index (χ1v) is 10.4. The molecule has 0 atom stereocenters. The number of aromatic hydroxyl groups is 4. The van der Waals surface area contributed by atoms with Crippen LogP contribution in [0.15, 0.2) is 97.1 Å². The van der Waals surface area contributed by atoms with Gasteiger partial charge in [-0.25, -0.2) is 0 Å². The van der Waals surface area contributed by atoms with Crippen LogP contribution in [0.5, 0.6) is 23.0 Å². The number of phenolic OH excluding ortho intramolecular Hbond substituents is 4. The van der Waals surface area contributed by atoms with E-state index in [1.54, 1.807) is 97.1 Å². The van der Waals surface area contributed by atoms with E-state index in [0.717, 1.165) is 0 Å². The maximum atomic E-state index is 8.70. The normalized spacial score (nSPS) is 9.12. The van der Waals surface area contributed by atoms with Crippen molar-refractivity contribution in [2.24, 2.45) is 0 Å². The second-order valence-electron chi connectivity index (χ2n) is 5.91. The van der Waals surface area contributed by atoms with Crippen molar-refractivity contribution in [2.45, 2.75) is 0 Å². The van der Waals surface area contributed by atoms with Crippen molar-refractivity contribution in [3.05, 3.63) is 117 Å². The number of halogens is 4. The summed E-state index contributed by atoms with van der Waals surface area (Å²) >= 11 is 22.0. The highest BCUT2D eigenvalue weighted by Gasteiger charge is 1.86. The van der Waals surface area contributed by atoms with E-state index in [0.29, 0.717) is 20.1 Å². The van der Waals surface area contributed by atoms with Crippen molar-refractivity contribution >= 4 is 46.4 Å². The molecule has 0 aliphatic carbocycles. The van der Waals surface area contributed by atoms with Gasteiger partial charge in [-0.3, -0.25) is 0 Å². The van der Waals surface area contributed by atoms with Crippen LogP contribution in [0.25, 0.3) is 0 Å². The van der Waals surface area contributed by atoms with Gasteiger partial charge >= 0.3 is 0 Å². The second kappa shape index (κ2) is 15.1. The lowest BCUT2D eigenvalue weighted by atomic mass is 10.3. The lowest BCUT2D eigenvalue weighted by molar-refractivity contribution is 0.475. The zero-order chi connectivity index (χ0) is 23.9.